The Bertz CT molecular complexity index is 1100. The van der Waals surface area contributed by atoms with Crippen molar-refractivity contribution in [2.24, 2.45) is 0 Å². The minimum atomic E-state index is -0.437. The van der Waals surface area contributed by atoms with Crippen molar-refractivity contribution >= 4 is 51.4 Å². The van der Waals surface area contributed by atoms with Gasteiger partial charge in [-0.25, -0.2) is 9.78 Å². The van der Waals surface area contributed by atoms with Gasteiger partial charge in [-0.15, -0.1) is 11.3 Å². The van der Waals surface area contributed by atoms with Crippen molar-refractivity contribution in [1.82, 2.24) is 9.88 Å². The number of ether oxygens (including phenoxy) is 1. The van der Waals surface area contributed by atoms with Crippen LogP contribution in [0, 0.1) is 0 Å². The molecule has 0 radical (unpaired) electrons. The van der Waals surface area contributed by atoms with Gasteiger partial charge in [-0.3, -0.25) is 10.1 Å². The number of urea groups is 1. The Hall–Kier alpha value is -3.30. The van der Waals surface area contributed by atoms with E-state index in [0.29, 0.717) is 34.6 Å². The molecule has 0 saturated carbocycles. The van der Waals surface area contributed by atoms with E-state index in [4.69, 9.17) is 16.3 Å². The Morgan fingerprint density at radius 1 is 1.06 bits per heavy atom. The Kier molecular flexibility index (Phi) is 6.77. The first-order valence-corrected chi connectivity index (χ1v) is 11.2. The quantitative estimate of drug-likeness (QED) is 0.575. The van der Waals surface area contributed by atoms with Crippen LogP contribution in [0.3, 0.4) is 0 Å². The number of amides is 3. The van der Waals surface area contributed by atoms with E-state index in [0.717, 1.165) is 24.5 Å². The van der Waals surface area contributed by atoms with E-state index >= 15 is 0 Å². The summed E-state index contributed by atoms with van der Waals surface area (Å²) in [5, 5.41) is 7.96. The highest BCUT2D eigenvalue weighted by Crippen LogP contribution is 2.23. The zero-order valence-electron chi connectivity index (χ0n) is 17.4. The van der Waals surface area contributed by atoms with Crippen LogP contribution in [0.5, 0.6) is 5.75 Å². The Morgan fingerprint density at radius 2 is 1.81 bits per heavy atom. The maximum absolute atomic E-state index is 12.9. The molecule has 32 heavy (non-hydrogen) atoms. The van der Waals surface area contributed by atoms with Gasteiger partial charge in [0.1, 0.15) is 11.4 Å². The van der Waals surface area contributed by atoms with Crippen LogP contribution >= 0.6 is 22.9 Å². The first-order chi connectivity index (χ1) is 15.5. The van der Waals surface area contributed by atoms with Crippen molar-refractivity contribution in [3.63, 3.8) is 0 Å². The van der Waals surface area contributed by atoms with Gasteiger partial charge in [-0.1, -0.05) is 17.7 Å². The van der Waals surface area contributed by atoms with Gasteiger partial charge in [-0.2, -0.15) is 0 Å². The fourth-order valence-electron chi connectivity index (χ4n) is 3.36. The van der Waals surface area contributed by atoms with Gasteiger partial charge >= 0.3 is 6.03 Å². The second-order valence-electron chi connectivity index (χ2n) is 7.10. The molecule has 0 atom stereocenters. The van der Waals surface area contributed by atoms with E-state index < -0.39 is 6.03 Å². The second kappa shape index (κ2) is 9.88. The minimum Gasteiger partial charge on any atom is -0.497 e. The highest BCUT2D eigenvalue weighted by Gasteiger charge is 2.24. The highest BCUT2D eigenvalue weighted by molar-refractivity contribution is 7.14. The first-order valence-electron chi connectivity index (χ1n) is 9.99. The molecule has 3 amide bonds. The molecule has 0 aliphatic carbocycles. The summed E-state index contributed by atoms with van der Waals surface area (Å²) in [5.41, 5.74) is 2.00. The average Bonchev–Trinajstić information content (AvgIpc) is 3.28. The van der Waals surface area contributed by atoms with Gasteiger partial charge in [0.25, 0.3) is 5.91 Å². The number of anilines is 3. The maximum atomic E-state index is 12.9. The molecule has 10 heteroatoms. The highest BCUT2D eigenvalue weighted by atomic mass is 35.5. The summed E-state index contributed by atoms with van der Waals surface area (Å²) in [7, 11) is 1.65. The van der Waals surface area contributed by atoms with Gasteiger partial charge in [0.05, 0.1) is 7.11 Å². The third-order valence-corrected chi connectivity index (χ3v) is 6.04. The summed E-state index contributed by atoms with van der Waals surface area (Å²) >= 11 is 7.05. The monoisotopic (exact) mass is 471 g/mol. The van der Waals surface area contributed by atoms with Crippen LogP contribution in [-0.2, 0) is 0 Å². The molecule has 0 spiro atoms. The number of nitrogens with zero attached hydrogens (tertiary/aromatic N) is 3. The molecule has 2 aromatic carbocycles. The van der Waals surface area contributed by atoms with Crippen LogP contribution in [0.1, 0.15) is 10.5 Å². The number of nitrogens with one attached hydrogen (secondary N) is 2. The molecule has 166 valence electrons. The summed E-state index contributed by atoms with van der Waals surface area (Å²) in [6.45, 7) is 2.62. The second-order valence-corrected chi connectivity index (χ2v) is 8.40. The largest absolute Gasteiger partial charge is 0.497 e. The number of hydrogen-bond donors (Lipinski definition) is 2. The predicted octanol–water partition coefficient (Wildman–Crippen LogP) is 4.41. The van der Waals surface area contributed by atoms with E-state index in [9.17, 15) is 9.59 Å². The molecule has 1 aromatic heterocycles. The van der Waals surface area contributed by atoms with Crippen molar-refractivity contribution in [2.45, 2.75) is 0 Å². The maximum Gasteiger partial charge on any atom is 0.325 e. The number of aromatic nitrogens is 1. The van der Waals surface area contributed by atoms with Gasteiger partial charge in [0.15, 0.2) is 5.13 Å². The lowest BCUT2D eigenvalue weighted by Crippen LogP contribution is -2.48. The van der Waals surface area contributed by atoms with Gasteiger partial charge < -0.3 is 19.9 Å². The zero-order valence-corrected chi connectivity index (χ0v) is 18.9. The fraction of sp³-hybridized carbons (Fsp3) is 0.227. The van der Waals surface area contributed by atoms with Gasteiger partial charge in [0.2, 0.25) is 0 Å². The summed E-state index contributed by atoms with van der Waals surface area (Å²) in [5.74, 6) is 0.668. The number of rotatable bonds is 5. The molecule has 2 N–H and O–H groups in total. The molecule has 0 unspecified atom stereocenters. The number of hydrogen-bond acceptors (Lipinski definition) is 6. The average molecular weight is 472 g/mol. The predicted molar refractivity (Wildman–Crippen MR) is 127 cm³/mol. The third kappa shape index (κ3) is 5.30. The number of halogens is 1. The third-order valence-electron chi connectivity index (χ3n) is 5.03. The molecule has 0 bridgehead atoms. The van der Waals surface area contributed by atoms with E-state index in [2.05, 4.69) is 20.5 Å². The fourth-order valence-corrected chi connectivity index (χ4v) is 4.16. The van der Waals surface area contributed by atoms with E-state index in [-0.39, 0.29) is 5.91 Å². The number of piperazine rings is 1. The summed E-state index contributed by atoms with van der Waals surface area (Å²) in [4.78, 5) is 33.3. The summed E-state index contributed by atoms with van der Waals surface area (Å²) in [6, 6.07) is 14.2. The van der Waals surface area contributed by atoms with E-state index in [1.165, 1.54) is 11.3 Å². The normalized spacial score (nSPS) is 13.6. The molecule has 3 aromatic rings. The Labute approximate surface area is 194 Å². The lowest BCUT2D eigenvalue weighted by atomic mass is 10.2. The van der Waals surface area contributed by atoms with Crippen molar-refractivity contribution in [3.05, 3.63) is 64.6 Å². The van der Waals surface area contributed by atoms with Crippen LogP contribution in [-0.4, -0.2) is 55.1 Å². The number of benzene rings is 2. The van der Waals surface area contributed by atoms with Crippen LogP contribution in [0.25, 0.3) is 0 Å². The topological polar surface area (TPSA) is 86.8 Å². The van der Waals surface area contributed by atoms with Crippen molar-refractivity contribution < 1.29 is 14.3 Å². The lowest BCUT2D eigenvalue weighted by Gasteiger charge is -2.35. The molecule has 8 nitrogen and oxygen atoms in total. The van der Waals surface area contributed by atoms with E-state index in [1.807, 2.05) is 24.3 Å². The number of carbonyl (C=O) groups excluding carboxylic acids is 2. The van der Waals surface area contributed by atoms with Gasteiger partial charge in [-0.05, 0) is 36.4 Å². The van der Waals surface area contributed by atoms with E-state index in [1.54, 1.807) is 41.7 Å². The molecule has 1 saturated heterocycles. The van der Waals surface area contributed by atoms with Crippen LogP contribution < -0.4 is 20.3 Å². The van der Waals surface area contributed by atoms with Crippen molar-refractivity contribution in [3.8, 4) is 5.75 Å². The molecular weight excluding hydrogens is 450 g/mol. The molecule has 2 heterocycles. The Morgan fingerprint density at radius 3 is 2.53 bits per heavy atom. The standard InChI is InChI=1S/C22H22ClN5O3S/c1-31-18-4-2-3-17(13-18)27-9-11-28(12-10-27)20(29)19-14-32-22(25-19)26-21(30)24-16-7-5-15(23)6-8-16/h2-8,13-14H,9-12H2,1H3,(H2,24,25,26,30). The summed E-state index contributed by atoms with van der Waals surface area (Å²) < 4.78 is 5.29. The Balaban J connectivity index is 1.31. The van der Waals surface area contributed by atoms with Gasteiger partial charge in [0, 0.05) is 54.0 Å². The van der Waals surface area contributed by atoms with Crippen LogP contribution in [0.15, 0.2) is 53.9 Å². The smallest absolute Gasteiger partial charge is 0.325 e. The SMILES string of the molecule is COc1cccc(N2CCN(C(=O)c3csc(NC(=O)Nc4ccc(Cl)cc4)n3)CC2)c1. The van der Waals surface area contributed by atoms with Crippen molar-refractivity contribution in [1.29, 1.82) is 0 Å². The molecule has 4 rings (SSSR count). The number of thiazole rings is 1. The van der Waals surface area contributed by atoms with Crippen LogP contribution in [0.2, 0.25) is 5.02 Å². The molecule has 1 aliphatic rings. The molecule has 1 fully saturated rings. The van der Waals surface area contributed by atoms with Crippen molar-refractivity contribution in [2.75, 3.05) is 48.8 Å². The number of methoxy groups -OCH3 is 1. The minimum absolute atomic E-state index is 0.141. The first kappa shape index (κ1) is 21.9. The lowest BCUT2D eigenvalue weighted by molar-refractivity contribution is 0.0741. The molecular formula is C22H22ClN5O3S. The zero-order chi connectivity index (χ0) is 22.5. The molecule has 1 aliphatic heterocycles. The number of carbonyl (C=O) groups is 2. The summed E-state index contributed by atoms with van der Waals surface area (Å²) in [6.07, 6.45) is 0. The van der Waals surface area contributed by atoms with Crippen LogP contribution in [0.4, 0.5) is 21.3 Å².